The van der Waals surface area contributed by atoms with Gasteiger partial charge in [-0.3, -0.25) is 9.35 Å². The van der Waals surface area contributed by atoms with Gasteiger partial charge in [0.15, 0.2) is 0 Å². The molecule has 0 aromatic rings. The molecule has 1 aliphatic heterocycles. The zero-order valence-electron chi connectivity index (χ0n) is 5.02. The summed E-state index contributed by atoms with van der Waals surface area (Å²) in [5, 5.41) is 0. The molecule has 0 saturated carbocycles. The molecule has 1 fully saturated rings. The molecule has 0 N–H and O–H groups in total. The van der Waals surface area contributed by atoms with Gasteiger partial charge in [-0.1, -0.05) is 0 Å². The standard InChI is InChI=1S/C3H12N2Si2/c1-4-5(2)7-3-6-4/h3,6-7H2,1-2H3. The highest BCUT2D eigenvalue weighted by atomic mass is 28.3. The number of rotatable bonds is 0. The van der Waals surface area contributed by atoms with Gasteiger partial charge >= 0.3 is 0 Å². The summed E-state index contributed by atoms with van der Waals surface area (Å²) in [7, 11) is 4.91. The second kappa shape index (κ2) is 2.08. The van der Waals surface area contributed by atoms with Crippen LogP contribution >= 0.6 is 0 Å². The molecule has 0 aliphatic carbocycles. The molecule has 0 bridgehead atoms. The number of hydrogen-bond acceptors (Lipinski definition) is 2. The van der Waals surface area contributed by atoms with E-state index in [-0.39, 0.29) is 19.4 Å². The number of hydrogen-bond donors (Lipinski definition) is 0. The SMILES string of the molecule is CN1[SiH2]C[SiH2]N1C. The van der Waals surface area contributed by atoms with Crippen molar-refractivity contribution in [2.24, 2.45) is 0 Å². The van der Waals surface area contributed by atoms with Gasteiger partial charge in [0.2, 0.25) is 0 Å². The Morgan fingerprint density at radius 1 is 1.14 bits per heavy atom. The van der Waals surface area contributed by atoms with Gasteiger partial charge in [0.05, 0.1) is 0 Å². The molecule has 0 aromatic carbocycles. The van der Waals surface area contributed by atoms with Crippen molar-refractivity contribution >= 4 is 19.4 Å². The maximum Gasteiger partial charge on any atom is 0.111 e. The molecule has 1 aliphatic rings. The summed E-state index contributed by atoms with van der Waals surface area (Å²) in [5.41, 5.74) is 1.60. The topological polar surface area (TPSA) is 6.48 Å². The van der Waals surface area contributed by atoms with E-state index in [0.29, 0.717) is 0 Å². The van der Waals surface area contributed by atoms with Crippen LogP contribution in [0, 0.1) is 0 Å². The van der Waals surface area contributed by atoms with Gasteiger partial charge in [0.1, 0.15) is 19.4 Å². The molecule has 2 nitrogen and oxygen atoms in total. The molecule has 1 rings (SSSR count). The van der Waals surface area contributed by atoms with E-state index < -0.39 is 0 Å². The van der Waals surface area contributed by atoms with Crippen molar-refractivity contribution in [3.05, 3.63) is 0 Å². The van der Waals surface area contributed by atoms with Crippen LogP contribution in [0.2, 0.25) is 5.67 Å². The van der Waals surface area contributed by atoms with E-state index in [9.17, 15) is 0 Å². The fourth-order valence-electron chi connectivity index (χ4n) is 0.870. The van der Waals surface area contributed by atoms with Gasteiger partial charge in [0.25, 0.3) is 0 Å². The van der Waals surface area contributed by atoms with Crippen LogP contribution in [0.15, 0.2) is 0 Å². The first kappa shape index (κ1) is 5.49. The Balaban J connectivity index is 2.33. The molecule has 1 saturated heterocycles. The quantitative estimate of drug-likeness (QED) is 0.363. The summed E-state index contributed by atoms with van der Waals surface area (Å²) in [6.07, 6.45) is 0. The van der Waals surface area contributed by atoms with Gasteiger partial charge in [0, 0.05) is 0 Å². The minimum Gasteiger partial charge on any atom is -0.281 e. The molecule has 42 valence electrons. The molecule has 1 heterocycles. The Bertz CT molecular complexity index is 60.0. The summed E-state index contributed by atoms with van der Waals surface area (Å²) >= 11 is 0. The Kier molecular flexibility index (Phi) is 1.63. The second-order valence-electron chi connectivity index (χ2n) is 2.12. The Morgan fingerprint density at radius 2 is 1.57 bits per heavy atom. The van der Waals surface area contributed by atoms with Crippen LogP contribution in [0.1, 0.15) is 0 Å². The van der Waals surface area contributed by atoms with Crippen molar-refractivity contribution < 1.29 is 0 Å². The molecule has 0 aromatic heterocycles. The maximum absolute atomic E-state index is 2.44. The normalized spacial score (nSPS) is 33.4. The lowest BCUT2D eigenvalue weighted by Gasteiger charge is -2.18. The van der Waals surface area contributed by atoms with Gasteiger partial charge in [-0.05, 0) is 19.8 Å². The monoisotopic (exact) mass is 132 g/mol. The summed E-state index contributed by atoms with van der Waals surface area (Å²) in [6.45, 7) is 0. The molecule has 0 radical (unpaired) electrons. The molecular formula is C3H12N2Si2. The van der Waals surface area contributed by atoms with E-state index in [1.54, 1.807) is 5.67 Å². The first-order valence-electron chi connectivity index (χ1n) is 2.73. The lowest BCUT2D eigenvalue weighted by Crippen LogP contribution is -2.31. The fourth-order valence-corrected chi connectivity index (χ4v) is 6.63. The van der Waals surface area contributed by atoms with Crippen LogP contribution in [-0.2, 0) is 0 Å². The average Bonchev–Trinajstić information content (AvgIpc) is 1.91. The molecular weight excluding hydrogens is 120 g/mol. The first-order valence-corrected chi connectivity index (χ1v) is 5.99. The van der Waals surface area contributed by atoms with E-state index in [2.05, 4.69) is 23.4 Å². The van der Waals surface area contributed by atoms with Crippen molar-refractivity contribution in [2.75, 3.05) is 14.1 Å². The van der Waals surface area contributed by atoms with Crippen molar-refractivity contribution in [1.29, 1.82) is 0 Å². The Morgan fingerprint density at radius 3 is 1.71 bits per heavy atom. The van der Waals surface area contributed by atoms with Crippen LogP contribution in [0.3, 0.4) is 0 Å². The Hall–Kier alpha value is 0.354. The minimum atomic E-state index is 0.241. The smallest absolute Gasteiger partial charge is 0.111 e. The summed E-state index contributed by atoms with van der Waals surface area (Å²) < 4.78 is 4.87. The summed E-state index contributed by atoms with van der Waals surface area (Å²) in [4.78, 5) is 0. The predicted molar refractivity (Wildman–Crippen MR) is 37.4 cm³/mol. The molecule has 0 amide bonds. The fraction of sp³-hybridized carbons (Fsp3) is 1.00. The van der Waals surface area contributed by atoms with Crippen molar-refractivity contribution in [1.82, 2.24) is 9.35 Å². The van der Waals surface area contributed by atoms with Crippen LogP contribution in [-0.4, -0.2) is 42.8 Å². The lowest BCUT2D eigenvalue weighted by atomic mass is 11.4. The number of nitrogens with zero attached hydrogens (tertiary/aromatic N) is 2. The molecule has 4 heteroatoms. The average molecular weight is 132 g/mol. The van der Waals surface area contributed by atoms with Crippen molar-refractivity contribution in [3.63, 3.8) is 0 Å². The first-order chi connectivity index (χ1) is 3.30. The van der Waals surface area contributed by atoms with E-state index >= 15 is 0 Å². The summed E-state index contributed by atoms with van der Waals surface area (Å²) in [6, 6.07) is 0. The zero-order chi connectivity index (χ0) is 5.28. The highest BCUT2D eigenvalue weighted by molar-refractivity contribution is 6.56. The molecule has 0 spiro atoms. The van der Waals surface area contributed by atoms with Crippen LogP contribution in [0.5, 0.6) is 0 Å². The number of hydrazine groups is 1. The second-order valence-corrected chi connectivity index (χ2v) is 7.67. The third-order valence-electron chi connectivity index (χ3n) is 1.55. The van der Waals surface area contributed by atoms with Gasteiger partial charge < -0.3 is 0 Å². The Labute approximate surface area is 49.3 Å². The lowest BCUT2D eigenvalue weighted by molar-refractivity contribution is 0.257. The van der Waals surface area contributed by atoms with Crippen molar-refractivity contribution in [2.45, 2.75) is 5.67 Å². The van der Waals surface area contributed by atoms with Crippen LogP contribution < -0.4 is 0 Å². The van der Waals surface area contributed by atoms with Gasteiger partial charge in [-0.15, -0.1) is 0 Å². The van der Waals surface area contributed by atoms with Crippen molar-refractivity contribution in [3.8, 4) is 0 Å². The predicted octanol–water partition coefficient (Wildman–Crippen LogP) is -1.68. The van der Waals surface area contributed by atoms with Crippen LogP contribution in [0.25, 0.3) is 0 Å². The molecule has 0 unspecified atom stereocenters. The molecule has 0 atom stereocenters. The summed E-state index contributed by atoms with van der Waals surface area (Å²) in [5.74, 6) is 0. The largest absolute Gasteiger partial charge is 0.281 e. The molecule has 7 heavy (non-hydrogen) atoms. The van der Waals surface area contributed by atoms with E-state index in [1.165, 1.54) is 0 Å². The van der Waals surface area contributed by atoms with Gasteiger partial charge in [-0.25, -0.2) is 0 Å². The highest BCUT2D eigenvalue weighted by Gasteiger charge is 2.12. The van der Waals surface area contributed by atoms with E-state index in [1.807, 2.05) is 0 Å². The highest BCUT2D eigenvalue weighted by Crippen LogP contribution is 1.97. The maximum atomic E-state index is 2.44. The van der Waals surface area contributed by atoms with Gasteiger partial charge in [-0.2, -0.15) is 0 Å². The van der Waals surface area contributed by atoms with E-state index in [0.717, 1.165) is 0 Å². The third kappa shape index (κ3) is 1.12. The van der Waals surface area contributed by atoms with Crippen LogP contribution in [0.4, 0.5) is 0 Å². The minimum absolute atomic E-state index is 0.241. The zero-order valence-corrected chi connectivity index (χ0v) is 7.84. The van der Waals surface area contributed by atoms with E-state index in [4.69, 9.17) is 0 Å². The third-order valence-corrected chi connectivity index (χ3v) is 6.74.